The molecular formula is C10H12ClF2NO2. The number of aliphatic hydroxyl groups is 2. The Kier molecular flexibility index (Phi) is 4.46. The lowest BCUT2D eigenvalue weighted by Crippen LogP contribution is -2.20. The third-order valence-corrected chi connectivity index (χ3v) is 2.43. The average molecular weight is 252 g/mol. The zero-order valence-electron chi connectivity index (χ0n) is 8.33. The van der Waals surface area contributed by atoms with Crippen molar-refractivity contribution in [3.05, 3.63) is 29.3 Å². The molecule has 1 aromatic rings. The van der Waals surface area contributed by atoms with E-state index in [1.54, 1.807) is 0 Å². The number of aliphatic hydroxyl groups excluding tert-OH is 2. The highest BCUT2D eigenvalue weighted by molar-refractivity contribution is 6.17. The number of alkyl halides is 1. The minimum atomic E-state index is -1.38. The molecule has 0 saturated carbocycles. The first-order valence-electron chi connectivity index (χ1n) is 4.64. The van der Waals surface area contributed by atoms with Gasteiger partial charge in [-0.15, -0.1) is 11.6 Å². The molecule has 0 aliphatic carbocycles. The van der Waals surface area contributed by atoms with Crippen LogP contribution in [0, 0.1) is 11.6 Å². The van der Waals surface area contributed by atoms with Crippen molar-refractivity contribution in [2.45, 2.75) is 18.6 Å². The number of rotatable bonds is 4. The topological polar surface area (TPSA) is 66.5 Å². The molecule has 0 aliphatic heterocycles. The van der Waals surface area contributed by atoms with Crippen LogP contribution in [-0.4, -0.2) is 22.2 Å². The molecule has 1 rings (SSSR count). The predicted molar refractivity (Wildman–Crippen MR) is 57.1 cm³/mol. The lowest BCUT2D eigenvalue weighted by molar-refractivity contribution is 0.0172. The Bertz CT molecular complexity index is 376. The highest BCUT2D eigenvalue weighted by Gasteiger charge is 2.21. The lowest BCUT2D eigenvalue weighted by Gasteiger charge is -2.18. The normalized spacial score (nSPS) is 14.8. The Morgan fingerprint density at radius 1 is 1.25 bits per heavy atom. The van der Waals surface area contributed by atoms with Crippen LogP contribution in [0.3, 0.4) is 0 Å². The first-order valence-corrected chi connectivity index (χ1v) is 5.17. The molecule has 0 spiro atoms. The van der Waals surface area contributed by atoms with Crippen LogP contribution in [-0.2, 0) is 0 Å². The van der Waals surface area contributed by atoms with E-state index in [4.69, 9.17) is 17.3 Å². The van der Waals surface area contributed by atoms with Crippen LogP contribution in [0.15, 0.2) is 12.1 Å². The number of benzene rings is 1. The van der Waals surface area contributed by atoms with Crippen molar-refractivity contribution in [3.8, 4) is 0 Å². The Balaban J connectivity index is 2.99. The second-order valence-electron chi connectivity index (χ2n) is 3.39. The van der Waals surface area contributed by atoms with Crippen LogP contribution in [0.25, 0.3) is 0 Å². The van der Waals surface area contributed by atoms with E-state index in [2.05, 4.69) is 0 Å². The van der Waals surface area contributed by atoms with Gasteiger partial charge in [-0.1, -0.05) is 0 Å². The monoisotopic (exact) mass is 251 g/mol. The molecule has 1 aromatic carbocycles. The summed E-state index contributed by atoms with van der Waals surface area (Å²) < 4.78 is 25.7. The number of hydrogen-bond donors (Lipinski definition) is 3. The SMILES string of the molecule is Nc1cc(F)c(F)cc1C(O)C(O)CCCl. The average Bonchev–Trinajstić information content (AvgIpc) is 2.23. The Morgan fingerprint density at radius 2 is 1.81 bits per heavy atom. The number of halogens is 3. The van der Waals surface area contributed by atoms with Gasteiger partial charge in [-0.2, -0.15) is 0 Å². The van der Waals surface area contributed by atoms with E-state index in [0.29, 0.717) is 0 Å². The summed E-state index contributed by atoms with van der Waals surface area (Å²) in [7, 11) is 0. The largest absolute Gasteiger partial charge is 0.398 e. The number of nitrogen functional groups attached to an aromatic ring is 1. The van der Waals surface area contributed by atoms with Gasteiger partial charge in [0.05, 0.1) is 6.10 Å². The van der Waals surface area contributed by atoms with E-state index in [0.717, 1.165) is 12.1 Å². The van der Waals surface area contributed by atoms with Crippen molar-refractivity contribution < 1.29 is 19.0 Å². The molecule has 0 bridgehead atoms. The lowest BCUT2D eigenvalue weighted by atomic mass is 10.0. The van der Waals surface area contributed by atoms with Crippen molar-refractivity contribution in [2.24, 2.45) is 0 Å². The molecule has 0 radical (unpaired) electrons. The van der Waals surface area contributed by atoms with Crippen molar-refractivity contribution in [3.63, 3.8) is 0 Å². The predicted octanol–water partition coefficient (Wildman–Crippen LogP) is 1.57. The van der Waals surface area contributed by atoms with E-state index in [1.165, 1.54) is 0 Å². The standard InChI is InChI=1S/C10H12ClF2NO2/c11-2-1-9(15)10(16)5-3-6(12)7(13)4-8(5)14/h3-4,9-10,15-16H,1-2,14H2. The minimum absolute atomic E-state index is 0.0449. The summed E-state index contributed by atoms with van der Waals surface area (Å²) in [6.45, 7) is 0. The first kappa shape index (κ1) is 13.2. The van der Waals surface area contributed by atoms with Crippen LogP contribution in [0.1, 0.15) is 18.1 Å². The molecular weight excluding hydrogens is 240 g/mol. The maximum Gasteiger partial charge on any atom is 0.160 e. The molecule has 0 saturated heterocycles. The van der Waals surface area contributed by atoms with Crippen molar-refractivity contribution in [2.75, 3.05) is 11.6 Å². The highest BCUT2D eigenvalue weighted by Crippen LogP contribution is 2.26. The number of nitrogens with two attached hydrogens (primary N) is 1. The summed E-state index contributed by atoms with van der Waals surface area (Å²) >= 11 is 5.39. The number of hydrogen-bond acceptors (Lipinski definition) is 3. The van der Waals surface area contributed by atoms with Gasteiger partial charge in [0.2, 0.25) is 0 Å². The smallest absolute Gasteiger partial charge is 0.160 e. The molecule has 0 heterocycles. The molecule has 90 valence electrons. The van der Waals surface area contributed by atoms with E-state index >= 15 is 0 Å². The molecule has 3 nitrogen and oxygen atoms in total. The third-order valence-electron chi connectivity index (χ3n) is 2.21. The fourth-order valence-electron chi connectivity index (χ4n) is 1.31. The van der Waals surface area contributed by atoms with Gasteiger partial charge in [-0.05, 0) is 12.5 Å². The molecule has 2 unspecified atom stereocenters. The van der Waals surface area contributed by atoms with Crippen LogP contribution in [0.2, 0.25) is 0 Å². The van der Waals surface area contributed by atoms with Gasteiger partial charge < -0.3 is 15.9 Å². The summed E-state index contributed by atoms with van der Waals surface area (Å²) in [5, 5.41) is 19.1. The van der Waals surface area contributed by atoms with E-state index in [1.807, 2.05) is 0 Å². The first-order chi connectivity index (χ1) is 7.47. The molecule has 16 heavy (non-hydrogen) atoms. The molecule has 0 aliphatic rings. The second-order valence-corrected chi connectivity index (χ2v) is 3.76. The zero-order chi connectivity index (χ0) is 12.3. The second kappa shape index (κ2) is 5.43. The Hall–Kier alpha value is -0.910. The van der Waals surface area contributed by atoms with E-state index < -0.39 is 23.8 Å². The van der Waals surface area contributed by atoms with Crippen molar-refractivity contribution in [1.82, 2.24) is 0 Å². The molecule has 4 N–H and O–H groups in total. The van der Waals surface area contributed by atoms with Crippen LogP contribution < -0.4 is 5.73 Å². The Labute approximate surface area is 96.5 Å². The summed E-state index contributed by atoms with van der Waals surface area (Å²) in [6.07, 6.45) is -2.42. The summed E-state index contributed by atoms with van der Waals surface area (Å²) in [5.74, 6) is -2.08. The van der Waals surface area contributed by atoms with Gasteiger partial charge >= 0.3 is 0 Å². The van der Waals surface area contributed by atoms with E-state index in [-0.39, 0.29) is 23.6 Å². The van der Waals surface area contributed by atoms with E-state index in [9.17, 15) is 19.0 Å². The van der Waals surface area contributed by atoms with Crippen molar-refractivity contribution >= 4 is 17.3 Å². The third kappa shape index (κ3) is 2.81. The maximum atomic E-state index is 12.9. The molecule has 6 heteroatoms. The van der Waals surface area contributed by atoms with Crippen molar-refractivity contribution in [1.29, 1.82) is 0 Å². The quantitative estimate of drug-likeness (QED) is 0.562. The minimum Gasteiger partial charge on any atom is -0.398 e. The van der Waals surface area contributed by atoms with Crippen LogP contribution in [0.5, 0.6) is 0 Å². The fourth-order valence-corrected chi connectivity index (χ4v) is 1.53. The highest BCUT2D eigenvalue weighted by atomic mass is 35.5. The summed E-state index contributed by atoms with van der Waals surface area (Å²) in [5.41, 5.74) is 5.26. The van der Waals surface area contributed by atoms with Gasteiger partial charge in [0.25, 0.3) is 0 Å². The van der Waals surface area contributed by atoms with Gasteiger partial charge in [0.1, 0.15) is 6.10 Å². The van der Waals surface area contributed by atoms with Gasteiger partial charge in [-0.25, -0.2) is 8.78 Å². The van der Waals surface area contributed by atoms with Gasteiger partial charge in [0, 0.05) is 23.2 Å². The summed E-state index contributed by atoms with van der Waals surface area (Å²) in [6, 6.07) is 1.54. The summed E-state index contributed by atoms with van der Waals surface area (Å²) in [4.78, 5) is 0. The van der Waals surface area contributed by atoms with Gasteiger partial charge in [-0.3, -0.25) is 0 Å². The molecule has 2 atom stereocenters. The fraction of sp³-hybridized carbons (Fsp3) is 0.400. The zero-order valence-corrected chi connectivity index (χ0v) is 9.09. The molecule has 0 amide bonds. The maximum absolute atomic E-state index is 12.9. The molecule has 0 fully saturated rings. The Morgan fingerprint density at radius 3 is 2.38 bits per heavy atom. The van der Waals surface area contributed by atoms with Gasteiger partial charge in [0.15, 0.2) is 11.6 Å². The number of anilines is 1. The van der Waals surface area contributed by atoms with Crippen LogP contribution >= 0.6 is 11.6 Å². The molecule has 0 aromatic heterocycles. The van der Waals surface area contributed by atoms with Crippen LogP contribution in [0.4, 0.5) is 14.5 Å².